The van der Waals surface area contributed by atoms with Crippen LogP contribution >= 0.6 is 11.8 Å². The number of nitrogens with one attached hydrogen (secondary N) is 2. The van der Waals surface area contributed by atoms with Crippen LogP contribution in [0.15, 0.2) is 17.3 Å². The van der Waals surface area contributed by atoms with Crippen molar-refractivity contribution in [1.82, 2.24) is 15.5 Å². The van der Waals surface area contributed by atoms with E-state index in [2.05, 4.69) is 15.6 Å². The van der Waals surface area contributed by atoms with Crippen molar-refractivity contribution in [3.8, 4) is 0 Å². The number of amidine groups is 1. The van der Waals surface area contributed by atoms with Crippen molar-refractivity contribution in [3.63, 3.8) is 0 Å². The van der Waals surface area contributed by atoms with Crippen LogP contribution in [0.5, 0.6) is 0 Å². The molecule has 18 heavy (non-hydrogen) atoms. The fraction of sp³-hybridized carbons (Fsp3) is 0.545. The molecule has 3 aliphatic rings. The van der Waals surface area contributed by atoms with Crippen molar-refractivity contribution in [3.05, 3.63) is 12.3 Å². The summed E-state index contributed by atoms with van der Waals surface area (Å²) in [6.07, 6.45) is 4.51. The standard InChI is InChI=1S/C11H14N4O2S/c16-9-5-13-10(17)8-4-7(6-15(8)9)14-11-12-2-1-3-18-11/h1-2,7-8H,3-6H2,(H,12,14)(H,13,17). The molecule has 2 N–H and O–H groups in total. The first kappa shape index (κ1) is 11.6. The number of rotatable bonds is 1. The van der Waals surface area contributed by atoms with Gasteiger partial charge in [0.15, 0.2) is 5.17 Å². The van der Waals surface area contributed by atoms with Crippen molar-refractivity contribution in [2.75, 3.05) is 18.8 Å². The number of aliphatic imine (C=N–C) groups is 1. The number of amides is 2. The van der Waals surface area contributed by atoms with Crippen LogP contribution in [0, 0.1) is 0 Å². The molecule has 0 saturated carbocycles. The lowest BCUT2D eigenvalue weighted by molar-refractivity contribution is -0.143. The maximum Gasteiger partial charge on any atom is 0.243 e. The molecule has 0 spiro atoms. The molecule has 3 heterocycles. The third-order valence-electron chi connectivity index (χ3n) is 3.26. The Morgan fingerprint density at radius 2 is 2.33 bits per heavy atom. The fourth-order valence-electron chi connectivity index (χ4n) is 2.40. The summed E-state index contributed by atoms with van der Waals surface area (Å²) in [4.78, 5) is 29.6. The summed E-state index contributed by atoms with van der Waals surface area (Å²) in [5.74, 6) is 0.846. The third kappa shape index (κ3) is 2.10. The molecule has 96 valence electrons. The van der Waals surface area contributed by atoms with Gasteiger partial charge in [-0.25, -0.2) is 0 Å². The van der Waals surface area contributed by atoms with Crippen LogP contribution in [0.4, 0.5) is 0 Å². The molecular formula is C11H14N4O2S. The highest BCUT2D eigenvalue weighted by molar-refractivity contribution is 8.14. The summed E-state index contributed by atoms with van der Waals surface area (Å²) in [7, 11) is 0. The highest BCUT2D eigenvalue weighted by atomic mass is 32.2. The van der Waals surface area contributed by atoms with Crippen molar-refractivity contribution in [1.29, 1.82) is 0 Å². The minimum Gasteiger partial charge on any atom is -0.345 e. The minimum atomic E-state index is -0.329. The van der Waals surface area contributed by atoms with E-state index in [1.54, 1.807) is 16.7 Å². The Bertz CT molecular complexity index is 424. The Morgan fingerprint density at radius 1 is 1.44 bits per heavy atom. The first-order chi connectivity index (χ1) is 8.74. The van der Waals surface area contributed by atoms with E-state index in [0.717, 1.165) is 10.9 Å². The number of hydrogen-bond acceptors (Lipinski definition) is 4. The molecule has 0 aliphatic carbocycles. The highest BCUT2D eigenvalue weighted by Gasteiger charge is 2.42. The topological polar surface area (TPSA) is 73.8 Å². The van der Waals surface area contributed by atoms with E-state index in [4.69, 9.17) is 0 Å². The summed E-state index contributed by atoms with van der Waals surface area (Å²) < 4.78 is 0. The number of carbonyl (C=O) groups is 2. The Balaban J connectivity index is 1.72. The van der Waals surface area contributed by atoms with Crippen LogP contribution < -0.4 is 10.6 Å². The molecule has 0 bridgehead atoms. The fourth-order valence-corrected chi connectivity index (χ4v) is 3.13. The van der Waals surface area contributed by atoms with Crippen molar-refractivity contribution >= 4 is 28.7 Å². The van der Waals surface area contributed by atoms with E-state index in [9.17, 15) is 9.59 Å². The third-order valence-corrected chi connectivity index (χ3v) is 4.11. The lowest BCUT2D eigenvalue weighted by atomic mass is 10.1. The zero-order chi connectivity index (χ0) is 12.5. The summed E-state index contributed by atoms with van der Waals surface area (Å²) in [6.45, 7) is 0.667. The lowest BCUT2D eigenvalue weighted by Gasteiger charge is -2.28. The van der Waals surface area contributed by atoms with Gasteiger partial charge in [0.2, 0.25) is 11.8 Å². The van der Waals surface area contributed by atoms with E-state index >= 15 is 0 Å². The predicted molar refractivity (Wildman–Crippen MR) is 69.1 cm³/mol. The molecule has 2 amide bonds. The van der Waals surface area contributed by atoms with Crippen LogP contribution in [0.3, 0.4) is 0 Å². The normalized spacial score (nSPS) is 33.3. The van der Waals surface area contributed by atoms with Crippen molar-refractivity contribution < 1.29 is 9.59 Å². The number of nitrogens with zero attached hydrogens (tertiary/aromatic N) is 2. The Kier molecular flexibility index (Phi) is 2.99. The smallest absolute Gasteiger partial charge is 0.243 e. The van der Waals surface area contributed by atoms with Gasteiger partial charge in [0, 0.05) is 18.7 Å². The van der Waals surface area contributed by atoms with Crippen molar-refractivity contribution in [2.24, 2.45) is 4.99 Å². The highest BCUT2D eigenvalue weighted by Crippen LogP contribution is 2.23. The van der Waals surface area contributed by atoms with E-state index in [0.29, 0.717) is 13.0 Å². The van der Waals surface area contributed by atoms with Crippen LogP contribution in [-0.2, 0) is 9.59 Å². The van der Waals surface area contributed by atoms with E-state index in [-0.39, 0.29) is 30.4 Å². The first-order valence-corrected chi connectivity index (χ1v) is 6.92. The Labute approximate surface area is 109 Å². The van der Waals surface area contributed by atoms with Gasteiger partial charge in [-0.15, -0.1) is 0 Å². The second-order valence-corrected chi connectivity index (χ2v) is 5.47. The molecule has 7 heteroatoms. The quantitative estimate of drug-likeness (QED) is 0.658. The zero-order valence-corrected chi connectivity index (χ0v) is 10.6. The van der Waals surface area contributed by atoms with Gasteiger partial charge in [-0.1, -0.05) is 17.8 Å². The maximum absolute atomic E-state index is 11.7. The molecule has 2 saturated heterocycles. The van der Waals surface area contributed by atoms with Gasteiger partial charge in [-0.05, 0) is 6.20 Å². The first-order valence-electron chi connectivity index (χ1n) is 5.93. The van der Waals surface area contributed by atoms with Gasteiger partial charge in [-0.2, -0.15) is 0 Å². The molecule has 2 atom stereocenters. The van der Waals surface area contributed by atoms with Crippen LogP contribution in [-0.4, -0.2) is 52.8 Å². The van der Waals surface area contributed by atoms with Gasteiger partial charge in [0.1, 0.15) is 6.04 Å². The second-order valence-electron chi connectivity index (χ2n) is 4.46. The summed E-state index contributed by atoms with van der Waals surface area (Å²) in [5.41, 5.74) is 0. The van der Waals surface area contributed by atoms with Crippen LogP contribution in [0.2, 0.25) is 0 Å². The summed E-state index contributed by atoms with van der Waals surface area (Å²) in [5, 5.41) is 6.57. The van der Waals surface area contributed by atoms with Crippen LogP contribution in [0.1, 0.15) is 6.42 Å². The van der Waals surface area contributed by atoms with Gasteiger partial charge in [-0.3, -0.25) is 14.6 Å². The Hall–Kier alpha value is -1.50. The molecule has 0 aromatic carbocycles. The molecule has 6 nitrogen and oxygen atoms in total. The number of hydrogen-bond donors (Lipinski definition) is 2. The molecule has 0 aromatic heterocycles. The largest absolute Gasteiger partial charge is 0.345 e. The molecule has 0 aromatic rings. The second kappa shape index (κ2) is 4.64. The monoisotopic (exact) mass is 266 g/mol. The van der Waals surface area contributed by atoms with Gasteiger partial charge >= 0.3 is 0 Å². The average molecular weight is 266 g/mol. The lowest BCUT2D eigenvalue weighted by Crippen LogP contribution is -2.55. The molecular weight excluding hydrogens is 252 g/mol. The maximum atomic E-state index is 11.7. The number of fused-ring (bicyclic) bond motifs is 1. The summed E-state index contributed by atoms with van der Waals surface area (Å²) >= 11 is 1.63. The van der Waals surface area contributed by atoms with Gasteiger partial charge in [0.05, 0.1) is 12.6 Å². The molecule has 2 fully saturated rings. The molecule has 3 rings (SSSR count). The summed E-state index contributed by atoms with van der Waals surface area (Å²) in [6, 6.07) is -0.311. The number of carbonyl (C=O) groups excluding carboxylic acids is 2. The van der Waals surface area contributed by atoms with E-state index in [1.807, 2.05) is 12.3 Å². The van der Waals surface area contributed by atoms with E-state index in [1.165, 1.54) is 0 Å². The molecule has 0 radical (unpaired) electrons. The van der Waals surface area contributed by atoms with Crippen LogP contribution in [0.25, 0.3) is 0 Å². The molecule has 3 aliphatic heterocycles. The average Bonchev–Trinajstić information content (AvgIpc) is 2.80. The number of piperazine rings is 1. The Morgan fingerprint density at radius 3 is 3.06 bits per heavy atom. The minimum absolute atomic E-state index is 0.00791. The van der Waals surface area contributed by atoms with Crippen molar-refractivity contribution in [2.45, 2.75) is 18.5 Å². The zero-order valence-electron chi connectivity index (χ0n) is 9.76. The van der Waals surface area contributed by atoms with Gasteiger partial charge < -0.3 is 15.5 Å². The predicted octanol–water partition coefficient (Wildman–Crippen LogP) is -0.708. The van der Waals surface area contributed by atoms with E-state index < -0.39 is 0 Å². The van der Waals surface area contributed by atoms with Gasteiger partial charge in [0.25, 0.3) is 0 Å². The molecule has 2 unspecified atom stereocenters. The number of thioether (sulfide) groups is 1. The SMILES string of the molecule is O=C1NCC(=O)N2CC(N=C3NC=CCS3)CC12.